The van der Waals surface area contributed by atoms with Crippen LogP contribution in [0.4, 0.5) is 0 Å². The predicted octanol–water partition coefficient (Wildman–Crippen LogP) is 2.31. The molecular formula is C11H14O2. The second-order valence-corrected chi connectivity index (χ2v) is 2.97. The average Bonchev–Trinajstić information content (AvgIpc) is 2.17. The highest BCUT2D eigenvalue weighted by atomic mass is 16.5. The van der Waals surface area contributed by atoms with Crippen LogP contribution in [0.5, 0.6) is 0 Å². The fourth-order valence-electron chi connectivity index (χ4n) is 1.22. The first kappa shape index (κ1) is 9.78. The molecule has 0 unspecified atom stereocenters. The van der Waals surface area contributed by atoms with Gasteiger partial charge in [-0.05, 0) is 17.5 Å². The summed E-state index contributed by atoms with van der Waals surface area (Å²) < 4.78 is 4.64. The molecule has 0 aliphatic rings. The molecule has 0 N–H and O–H groups in total. The summed E-state index contributed by atoms with van der Waals surface area (Å²) in [6.45, 7) is 3.00. The SMILES string of the molecule is CCCc1ccc(COC=O)cc1. The van der Waals surface area contributed by atoms with Crippen molar-refractivity contribution in [2.45, 2.75) is 26.4 Å². The molecule has 13 heavy (non-hydrogen) atoms. The van der Waals surface area contributed by atoms with Crippen molar-refractivity contribution in [1.29, 1.82) is 0 Å². The van der Waals surface area contributed by atoms with Crippen LogP contribution in [-0.4, -0.2) is 6.47 Å². The molecule has 1 rings (SSSR count). The van der Waals surface area contributed by atoms with Crippen molar-refractivity contribution in [3.05, 3.63) is 35.4 Å². The summed E-state index contributed by atoms with van der Waals surface area (Å²) >= 11 is 0. The molecule has 1 aromatic rings. The minimum atomic E-state index is 0.371. The van der Waals surface area contributed by atoms with Crippen LogP contribution < -0.4 is 0 Å². The summed E-state index contributed by atoms with van der Waals surface area (Å²) in [4.78, 5) is 9.93. The number of benzene rings is 1. The van der Waals surface area contributed by atoms with Crippen molar-refractivity contribution >= 4 is 6.47 Å². The molecule has 0 heterocycles. The zero-order chi connectivity index (χ0) is 9.52. The van der Waals surface area contributed by atoms with Crippen LogP contribution in [0.2, 0.25) is 0 Å². The topological polar surface area (TPSA) is 26.3 Å². The first-order chi connectivity index (χ1) is 6.36. The molecule has 0 aromatic heterocycles. The maximum atomic E-state index is 9.93. The maximum Gasteiger partial charge on any atom is 0.293 e. The van der Waals surface area contributed by atoms with Crippen LogP contribution in [0.25, 0.3) is 0 Å². The fourth-order valence-corrected chi connectivity index (χ4v) is 1.22. The van der Waals surface area contributed by atoms with Gasteiger partial charge in [-0.2, -0.15) is 0 Å². The Bertz CT molecular complexity index is 251. The highest BCUT2D eigenvalue weighted by Gasteiger charge is 1.93. The van der Waals surface area contributed by atoms with Crippen LogP contribution in [0, 0.1) is 0 Å². The van der Waals surface area contributed by atoms with Crippen molar-refractivity contribution < 1.29 is 9.53 Å². The monoisotopic (exact) mass is 178 g/mol. The van der Waals surface area contributed by atoms with E-state index < -0.39 is 0 Å². The molecular weight excluding hydrogens is 164 g/mol. The van der Waals surface area contributed by atoms with Crippen molar-refractivity contribution in [3.63, 3.8) is 0 Å². The molecule has 0 bridgehead atoms. The number of carbonyl (C=O) groups excluding carboxylic acids is 1. The molecule has 2 nitrogen and oxygen atoms in total. The van der Waals surface area contributed by atoms with E-state index in [4.69, 9.17) is 0 Å². The van der Waals surface area contributed by atoms with E-state index in [-0.39, 0.29) is 0 Å². The van der Waals surface area contributed by atoms with Crippen molar-refractivity contribution in [2.24, 2.45) is 0 Å². The van der Waals surface area contributed by atoms with Gasteiger partial charge in [-0.25, -0.2) is 0 Å². The molecule has 0 saturated heterocycles. The lowest BCUT2D eigenvalue weighted by Crippen LogP contribution is -1.90. The van der Waals surface area contributed by atoms with Gasteiger partial charge in [0.25, 0.3) is 6.47 Å². The van der Waals surface area contributed by atoms with E-state index in [9.17, 15) is 4.79 Å². The number of rotatable bonds is 5. The van der Waals surface area contributed by atoms with Crippen LogP contribution in [0.1, 0.15) is 24.5 Å². The van der Waals surface area contributed by atoms with Gasteiger partial charge in [0.2, 0.25) is 0 Å². The Balaban J connectivity index is 2.53. The third-order valence-electron chi connectivity index (χ3n) is 1.88. The number of hydrogen-bond acceptors (Lipinski definition) is 2. The van der Waals surface area contributed by atoms with Crippen molar-refractivity contribution in [3.8, 4) is 0 Å². The number of hydrogen-bond donors (Lipinski definition) is 0. The van der Waals surface area contributed by atoms with Crippen LogP contribution in [0.3, 0.4) is 0 Å². The number of carbonyl (C=O) groups is 1. The smallest absolute Gasteiger partial charge is 0.293 e. The summed E-state index contributed by atoms with van der Waals surface area (Å²) in [5, 5.41) is 0. The lowest BCUT2D eigenvalue weighted by atomic mass is 10.1. The largest absolute Gasteiger partial charge is 0.463 e. The third kappa shape index (κ3) is 3.28. The van der Waals surface area contributed by atoms with Gasteiger partial charge in [0, 0.05) is 0 Å². The van der Waals surface area contributed by atoms with Crippen LogP contribution in [-0.2, 0) is 22.6 Å². The Labute approximate surface area is 78.5 Å². The molecule has 0 radical (unpaired) electrons. The van der Waals surface area contributed by atoms with Crippen molar-refractivity contribution in [2.75, 3.05) is 0 Å². The van der Waals surface area contributed by atoms with E-state index in [0.717, 1.165) is 18.4 Å². The summed E-state index contributed by atoms with van der Waals surface area (Å²) in [5.74, 6) is 0. The molecule has 1 aromatic carbocycles. The predicted molar refractivity (Wildman–Crippen MR) is 51.3 cm³/mol. The highest BCUT2D eigenvalue weighted by Crippen LogP contribution is 2.07. The Morgan fingerprint density at radius 1 is 1.23 bits per heavy atom. The van der Waals surface area contributed by atoms with Crippen LogP contribution >= 0.6 is 0 Å². The Morgan fingerprint density at radius 2 is 1.85 bits per heavy atom. The first-order valence-corrected chi connectivity index (χ1v) is 4.50. The van der Waals surface area contributed by atoms with E-state index >= 15 is 0 Å². The van der Waals surface area contributed by atoms with Gasteiger partial charge in [-0.1, -0.05) is 37.6 Å². The Hall–Kier alpha value is -1.31. The Kier molecular flexibility index (Phi) is 4.03. The molecule has 0 atom stereocenters. The molecule has 0 fully saturated rings. The zero-order valence-electron chi connectivity index (χ0n) is 7.82. The van der Waals surface area contributed by atoms with E-state index in [1.807, 2.05) is 12.1 Å². The van der Waals surface area contributed by atoms with Gasteiger partial charge >= 0.3 is 0 Å². The van der Waals surface area contributed by atoms with Crippen LogP contribution in [0.15, 0.2) is 24.3 Å². The molecule has 0 aliphatic heterocycles. The standard InChI is InChI=1S/C11H14O2/c1-2-3-10-4-6-11(7-5-10)8-13-9-12/h4-7,9H,2-3,8H2,1H3. The normalized spacial score (nSPS) is 9.62. The second-order valence-electron chi connectivity index (χ2n) is 2.97. The molecule has 0 saturated carbocycles. The third-order valence-corrected chi connectivity index (χ3v) is 1.88. The molecule has 0 spiro atoms. The highest BCUT2D eigenvalue weighted by molar-refractivity contribution is 5.37. The quantitative estimate of drug-likeness (QED) is 0.647. The fraction of sp³-hybridized carbons (Fsp3) is 0.364. The summed E-state index contributed by atoms with van der Waals surface area (Å²) in [7, 11) is 0. The van der Waals surface area contributed by atoms with Gasteiger partial charge in [0.05, 0.1) is 0 Å². The zero-order valence-corrected chi connectivity index (χ0v) is 7.82. The maximum absolute atomic E-state index is 9.93. The van der Waals surface area contributed by atoms with Gasteiger partial charge < -0.3 is 4.74 Å². The summed E-state index contributed by atoms with van der Waals surface area (Å²) in [5.41, 5.74) is 2.37. The first-order valence-electron chi connectivity index (χ1n) is 4.50. The van der Waals surface area contributed by atoms with E-state index in [2.05, 4.69) is 23.8 Å². The summed E-state index contributed by atoms with van der Waals surface area (Å²) in [6.07, 6.45) is 2.26. The molecule has 70 valence electrons. The number of aryl methyl sites for hydroxylation is 1. The minimum Gasteiger partial charge on any atom is -0.463 e. The van der Waals surface area contributed by atoms with Gasteiger partial charge in [0.1, 0.15) is 6.61 Å². The van der Waals surface area contributed by atoms with Crippen molar-refractivity contribution in [1.82, 2.24) is 0 Å². The number of ether oxygens (including phenoxy) is 1. The average molecular weight is 178 g/mol. The molecule has 2 heteroatoms. The molecule has 0 aliphatic carbocycles. The summed E-state index contributed by atoms with van der Waals surface area (Å²) in [6, 6.07) is 8.14. The minimum absolute atomic E-state index is 0.371. The molecule has 0 amide bonds. The van der Waals surface area contributed by atoms with Gasteiger partial charge in [0.15, 0.2) is 0 Å². The van der Waals surface area contributed by atoms with E-state index in [0.29, 0.717) is 13.1 Å². The second kappa shape index (κ2) is 5.36. The van der Waals surface area contributed by atoms with E-state index in [1.165, 1.54) is 5.56 Å². The van der Waals surface area contributed by atoms with E-state index in [1.54, 1.807) is 0 Å². The lowest BCUT2D eigenvalue weighted by Gasteiger charge is -2.01. The Morgan fingerprint density at radius 3 is 2.38 bits per heavy atom. The van der Waals surface area contributed by atoms with Gasteiger partial charge in [-0.3, -0.25) is 4.79 Å². The van der Waals surface area contributed by atoms with Gasteiger partial charge in [-0.15, -0.1) is 0 Å². The lowest BCUT2D eigenvalue weighted by molar-refractivity contribution is -0.129.